The van der Waals surface area contributed by atoms with Gasteiger partial charge in [-0.1, -0.05) is 23.2 Å². The number of halogens is 3. The van der Waals surface area contributed by atoms with Gasteiger partial charge in [0.1, 0.15) is 0 Å². The van der Waals surface area contributed by atoms with E-state index in [4.69, 9.17) is 33.4 Å². The number of phenolic OH excluding ortho intramolecular Hbond substituents is 1. The van der Waals surface area contributed by atoms with Crippen molar-refractivity contribution in [2.24, 2.45) is 0 Å². The number of benzene rings is 1. The molecule has 0 aliphatic rings. The SMILES string of the molecule is Br.O=C(O)c1cc(Cl)c(O)c(Cl)c1. The van der Waals surface area contributed by atoms with E-state index in [-0.39, 0.29) is 38.3 Å². The molecule has 0 saturated carbocycles. The van der Waals surface area contributed by atoms with Crippen molar-refractivity contribution in [1.29, 1.82) is 0 Å². The van der Waals surface area contributed by atoms with Crippen LogP contribution in [-0.2, 0) is 0 Å². The Labute approximate surface area is 94.7 Å². The van der Waals surface area contributed by atoms with Gasteiger partial charge in [-0.2, -0.15) is 0 Å². The van der Waals surface area contributed by atoms with E-state index in [0.29, 0.717) is 0 Å². The van der Waals surface area contributed by atoms with Gasteiger partial charge in [-0.25, -0.2) is 4.79 Å². The lowest BCUT2D eigenvalue weighted by molar-refractivity contribution is 0.0697. The maximum Gasteiger partial charge on any atom is 0.335 e. The summed E-state index contributed by atoms with van der Waals surface area (Å²) < 4.78 is 0. The minimum absolute atomic E-state index is 0. The summed E-state index contributed by atoms with van der Waals surface area (Å²) in [6.45, 7) is 0. The van der Waals surface area contributed by atoms with Crippen LogP contribution in [0.5, 0.6) is 5.75 Å². The van der Waals surface area contributed by atoms with Crippen molar-refractivity contribution in [2.75, 3.05) is 0 Å². The van der Waals surface area contributed by atoms with E-state index in [0.717, 1.165) is 12.1 Å². The Kier molecular flexibility index (Phi) is 4.53. The molecular weight excluding hydrogens is 283 g/mol. The summed E-state index contributed by atoms with van der Waals surface area (Å²) in [7, 11) is 0. The Bertz CT molecular complexity index is 318. The monoisotopic (exact) mass is 286 g/mol. The molecule has 1 aromatic carbocycles. The maximum absolute atomic E-state index is 10.4. The number of carbonyl (C=O) groups is 1. The van der Waals surface area contributed by atoms with E-state index in [1.54, 1.807) is 0 Å². The van der Waals surface area contributed by atoms with Crippen LogP contribution < -0.4 is 0 Å². The van der Waals surface area contributed by atoms with Gasteiger partial charge in [0.05, 0.1) is 15.6 Å². The predicted molar refractivity (Wildman–Crippen MR) is 55.4 cm³/mol. The molecule has 0 bridgehead atoms. The molecule has 3 nitrogen and oxygen atoms in total. The van der Waals surface area contributed by atoms with E-state index in [1.165, 1.54) is 0 Å². The average Bonchev–Trinajstić information content (AvgIpc) is 1.99. The Balaban J connectivity index is 0.00000144. The van der Waals surface area contributed by atoms with Gasteiger partial charge in [-0.15, -0.1) is 17.0 Å². The number of carboxylic acid groups (broad SMARTS) is 1. The topological polar surface area (TPSA) is 57.5 Å². The van der Waals surface area contributed by atoms with Crippen molar-refractivity contribution >= 4 is 46.2 Å². The normalized spacial score (nSPS) is 9.08. The first-order valence-corrected chi connectivity index (χ1v) is 3.69. The molecule has 0 amide bonds. The number of phenols is 1. The number of carboxylic acids is 1. The predicted octanol–water partition coefficient (Wildman–Crippen LogP) is 2.98. The molecule has 0 aliphatic carbocycles. The lowest BCUT2D eigenvalue weighted by Gasteiger charge is -2.00. The number of aromatic hydroxyl groups is 1. The molecular formula is C7H5BrCl2O3. The molecule has 72 valence electrons. The van der Waals surface area contributed by atoms with Gasteiger partial charge in [0, 0.05) is 0 Å². The summed E-state index contributed by atoms with van der Waals surface area (Å²) >= 11 is 10.9. The first kappa shape index (κ1) is 12.6. The van der Waals surface area contributed by atoms with Gasteiger partial charge in [-0.05, 0) is 12.1 Å². The minimum Gasteiger partial charge on any atom is -0.505 e. The molecule has 0 spiro atoms. The molecule has 1 rings (SSSR count). The van der Waals surface area contributed by atoms with E-state index in [9.17, 15) is 4.79 Å². The molecule has 0 heterocycles. The van der Waals surface area contributed by atoms with Crippen LogP contribution in [0.25, 0.3) is 0 Å². The second-order valence-electron chi connectivity index (χ2n) is 2.09. The molecule has 1 aromatic rings. The van der Waals surface area contributed by atoms with Crippen LogP contribution in [0.3, 0.4) is 0 Å². The molecule has 0 fully saturated rings. The van der Waals surface area contributed by atoms with E-state index in [2.05, 4.69) is 0 Å². The molecule has 6 heteroatoms. The molecule has 0 saturated heterocycles. The summed E-state index contributed by atoms with van der Waals surface area (Å²) in [6.07, 6.45) is 0. The Morgan fingerprint density at radius 3 is 1.92 bits per heavy atom. The zero-order valence-electron chi connectivity index (χ0n) is 6.12. The maximum atomic E-state index is 10.4. The van der Waals surface area contributed by atoms with E-state index >= 15 is 0 Å². The first-order chi connectivity index (χ1) is 5.52. The second-order valence-corrected chi connectivity index (χ2v) is 2.91. The summed E-state index contributed by atoms with van der Waals surface area (Å²) in [5, 5.41) is 17.4. The van der Waals surface area contributed by atoms with Gasteiger partial charge in [0.2, 0.25) is 0 Å². The van der Waals surface area contributed by atoms with Crippen LogP contribution in [0.4, 0.5) is 0 Å². The third-order valence-corrected chi connectivity index (χ3v) is 1.84. The van der Waals surface area contributed by atoms with Crippen molar-refractivity contribution in [2.45, 2.75) is 0 Å². The second kappa shape index (κ2) is 4.69. The number of hydrogen-bond donors (Lipinski definition) is 2. The smallest absolute Gasteiger partial charge is 0.335 e. The van der Waals surface area contributed by atoms with Crippen LogP contribution in [0.15, 0.2) is 12.1 Å². The van der Waals surface area contributed by atoms with Crippen molar-refractivity contribution in [1.82, 2.24) is 0 Å². The summed E-state index contributed by atoms with van der Waals surface area (Å²) in [5.41, 5.74) is -0.0530. The van der Waals surface area contributed by atoms with Gasteiger partial charge >= 0.3 is 5.97 Å². The minimum atomic E-state index is -1.14. The molecule has 0 radical (unpaired) electrons. The zero-order valence-corrected chi connectivity index (χ0v) is 9.35. The third kappa shape index (κ3) is 2.76. The van der Waals surface area contributed by atoms with Crippen molar-refractivity contribution in [3.05, 3.63) is 27.7 Å². The van der Waals surface area contributed by atoms with Crippen molar-refractivity contribution in [3.8, 4) is 5.75 Å². The summed E-state index contributed by atoms with van der Waals surface area (Å²) in [4.78, 5) is 10.4. The number of aromatic carboxylic acids is 1. The summed E-state index contributed by atoms with van der Waals surface area (Å²) in [5.74, 6) is -1.44. The van der Waals surface area contributed by atoms with Crippen molar-refractivity contribution < 1.29 is 15.0 Å². The van der Waals surface area contributed by atoms with Crippen LogP contribution in [0.2, 0.25) is 10.0 Å². The molecule has 0 atom stereocenters. The highest BCUT2D eigenvalue weighted by Crippen LogP contribution is 2.32. The molecule has 2 N–H and O–H groups in total. The van der Waals surface area contributed by atoms with Crippen molar-refractivity contribution in [3.63, 3.8) is 0 Å². The average molecular weight is 288 g/mol. The Hall–Kier alpha value is -0.450. The van der Waals surface area contributed by atoms with Crippen LogP contribution in [0, 0.1) is 0 Å². The molecule has 0 unspecified atom stereocenters. The Morgan fingerprint density at radius 1 is 1.23 bits per heavy atom. The largest absolute Gasteiger partial charge is 0.505 e. The molecule has 0 aromatic heterocycles. The highest BCUT2D eigenvalue weighted by Gasteiger charge is 2.10. The standard InChI is InChI=1S/C7H4Cl2O3.BrH/c8-4-1-3(7(11)12)2-5(9)6(4)10;/h1-2,10H,(H,11,12);1H. The Morgan fingerprint density at radius 2 is 1.62 bits per heavy atom. The van der Waals surface area contributed by atoms with E-state index < -0.39 is 5.97 Å². The lowest BCUT2D eigenvalue weighted by atomic mass is 10.2. The fourth-order valence-electron chi connectivity index (χ4n) is 0.689. The van der Waals surface area contributed by atoms with Crippen LogP contribution in [-0.4, -0.2) is 16.2 Å². The first-order valence-electron chi connectivity index (χ1n) is 2.93. The number of rotatable bonds is 1. The van der Waals surface area contributed by atoms with Gasteiger partial charge < -0.3 is 10.2 Å². The quantitative estimate of drug-likeness (QED) is 0.835. The number of hydrogen-bond acceptors (Lipinski definition) is 2. The van der Waals surface area contributed by atoms with Gasteiger partial charge in [0.15, 0.2) is 5.75 Å². The molecule has 0 aliphatic heterocycles. The highest BCUT2D eigenvalue weighted by molar-refractivity contribution is 8.93. The summed E-state index contributed by atoms with van der Waals surface area (Å²) in [6, 6.07) is 2.26. The van der Waals surface area contributed by atoms with Gasteiger partial charge in [0.25, 0.3) is 0 Å². The fourth-order valence-corrected chi connectivity index (χ4v) is 1.18. The highest BCUT2D eigenvalue weighted by atomic mass is 79.9. The third-order valence-electron chi connectivity index (χ3n) is 1.26. The fraction of sp³-hybridized carbons (Fsp3) is 0. The van der Waals surface area contributed by atoms with Crippen LogP contribution >= 0.6 is 40.2 Å². The zero-order chi connectivity index (χ0) is 9.30. The molecule has 13 heavy (non-hydrogen) atoms. The lowest BCUT2D eigenvalue weighted by Crippen LogP contribution is -1.95. The van der Waals surface area contributed by atoms with E-state index in [1.807, 2.05) is 0 Å². The van der Waals surface area contributed by atoms with Crippen LogP contribution in [0.1, 0.15) is 10.4 Å². The van der Waals surface area contributed by atoms with Gasteiger partial charge in [-0.3, -0.25) is 0 Å².